The lowest BCUT2D eigenvalue weighted by molar-refractivity contribution is -0.143. The Morgan fingerprint density at radius 1 is 1.28 bits per heavy atom. The minimum absolute atomic E-state index is 0.0175. The zero-order valence-corrected chi connectivity index (χ0v) is 11.8. The molecule has 0 radical (unpaired) electrons. The van der Waals surface area contributed by atoms with E-state index in [1.54, 1.807) is 0 Å². The number of benzene rings is 1. The molecule has 0 saturated heterocycles. The van der Waals surface area contributed by atoms with Crippen LogP contribution in [-0.4, -0.2) is 22.4 Å². The van der Waals surface area contributed by atoms with E-state index in [9.17, 15) is 4.79 Å². The van der Waals surface area contributed by atoms with Crippen LogP contribution in [0.1, 0.15) is 12.0 Å². The molecule has 3 nitrogen and oxygen atoms in total. The quantitative estimate of drug-likeness (QED) is 0.349. The van der Waals surface area contributed by atoms with Crippen molar-refractivity contribution in [1.29, 1.82) is 0 Å². The lowest BCUT2D eigenvalue weighted by Gasteiger charge is -2.03. The molecular formula is C12H12Cl3NO2. The SMILES string of the molecule is O=C(CCc1ccccc1)ON=C(CCl)C(Cl)Cl. The molecule has 1 aromatic rings. The predicted octanol–water partition coefficient (Wildman–Crippen LogP) is 3.56. The molecule has 0 fully saturated rings. The normalized spacial score (nSPS) is 11.7. The van der Waals surface area contributed by atoms with Crippen molar-refractivity contribution in [3.8, 4) is 0 Å². The van der Waals surface area contributed by atoms with Gasteiger partial charge in [-0.1, -0.05) is 58.7 Å². The van der Waals surface area contributed by atoms with Crippen molar-refractivity contribution >= 4 is 46.5 Å². The standard InChI is InChI=1S/C12H12Cl3NO2/c13-8-10(12(14)15)16-18-11(17)7-6-9-4-2-1-3-5-9/h1-5,12H,6-8H2. The van der Waals surface area contributed by atoms with Gasteiger partial charge < -0.3 is 4.84 Å². The fourth-order valence-electron chi connectivity index (χ4n) is 1.17. The fraction of sp³-hybridized carbons (Fsp3) is 0.333. The minimum Gasteiger partial charge on any atom is -0.318 e. The fourth-order valence-corrected chi connectivity index (χ4v) is 1.76. The first-order valence-corrected chi connectivity index (χ1v) is 6.69. The summed E-state index contributed by atoms with van der Waals surface area (Å²) in [5.74, 6) is -0.431. The highest BCUT2D eigenvalue weighted by molar-refractivity contribution is 6.56. The minimum atomic E-state index is -0.871. The zero-order chi connectivity index (χ0) is 13.4. The summed E-state index contributed by atoms with van der Waals surface area (Å²) >= 11 is 16.6. The second-order valence-electron chi connectivity index (χ2n) is 3.47. The second kappa shape index (κ2) is 8.35. The van der Waals surface area contributed by atoms with Crippen LogP contribution in [0, 0.1) is 0 Å². The summed E-state index contributed by atoms with van der Waals surface area (Å²) in [4.78, 5) is 15.2. The Labute approximate surface area is 121 Å². The van der Waals surface area contributed by atoms with Gasteiger partial charge in [0.1, 0.15) is 10.5 Å². The van der Waals surface area contributed by atoms with Crippen LogP contribution in [-0.2, 0) is 16.1 Å². The summed E-state index contributed by atoms with van der Waals surface area (Å²) in [5.41, 5.74) is 1.27. The largest absolute Gasteiger partial charge is 0.335 e. The number of nitrogens with zero attached hydrogens (tertiary/aromatic N) is 1. The van der Waals surface area contributed by atoms with Crippen LogP contribution in [0.25, 0.3) is 0 Å². The van der Waals surface area contributed by atoms with Crippen molar-refractivity contribution in [1.82, 2.24) is 0 Å². The third-order valence-corrected chi connectivity index (χ3v) is 2.89. The highest BCUT2D eigenvalue weighted by atomic mass is 35.5. The van der Waals surface area contributed by atoms with E-state index >= 15 is 0 Å². The number of hydrogen-bond acceptors (Lipinski definition) is 3. The van der Waals surface area contributed by atoms with Crippen LogP contribution in [0.4, 0.5) is 0 Å². The van der Waals surface area contributed by atoms with Crippen molar-refractivity contribution in [2.24, 2.45) is 5.16 Å². The number of aryl methyl sites for hydroxylation is 1. The van der Waals surface area contributed by atoms with Gasteiger partial charge in [-0.05, 0) is 12.0 Å². The van der Waals surface area contributed by atoms with Crippen molar-refractivity contribution in [2.45, 2.75) is 17.7 Å². The summed E-state index contributed by atoms with van der Waals surface area (Å²) < 4.78 is 0. The first-order valence-electron chi connectivity index (χ1n) is 5.28. The molecule has 0 N–H and O–H groups in total. The first-order chi connectivity index (χ1) is 8.63. The molecule has 6 heteroatoms. The van der Waals surface area contributed by atoms with Gasteiger partial charge in [-0.3, -0.25) is 0 Å². The van der Waals surface area contributed by atoms with Gasteiger partial charge >= 0.3 is 5.97 Å². The molecule has 0 heterocycles. The Bertz CT molecular complexity index is 407. The third-order valence-electron chi connectivity index (χ3n) is 2.11. The van der Waals surface area contributed by atoms with Crippen LogP contribution in [0.2, 0.25) is 0 Å². The van der Waals surface area contributed by atoms with Gasteiger partial charge in [-0.15, -0.1) is 11.6 Å². The number of carbonyl (C=O) groups is 1. The van der Waals surface area contributed by atoms with Gasteiger partial charge in [0.05, 0.1) is 12.3 Å². The molecule has 0 atom stereocenters. The molecule has 0 aliphatic carbocycles. The maximum atomic E-state index is 11.4. The van der Waals surface area contributed by atoms with E-state index in [4.69, 9.17) is 34.8 Å². The number of alkyl halides is 3. The highest BCUT2D eigenvalue weighted by Crippen LogP contribution is 2.08. The molecule has 1 aromatic carbocycles. The lowest BCUT2D eigenvalue weighted by atomic mass is 10.1. The molecule has 0 aromatic heterocycles. The van der Waals surface area contributed by atoms with E-state index in [0.717, 1.165) is 5.56 Å². The molecule has 0 bridgehead atoms. The van der Waals surface area contributed by atoms with Gasteiger partial charge in [0.25, 0.3) is 0 Å². The maximum Gasteiger partial charge on any atom is 0.335 e. The van der Waals surface area contributed by atoms with Crippen molar-refractivity contribution < 1.29 is 9.63 Å². The van der Waals surface area contributed by atoms with Crippen LogP contribution >= 0.6 is 34.8 Å². The van der Waals surface area contributed by atoms with E-state index in [0.29, 0.717) is 6.42 Å². The van der Waals surface area contributed by atoms with Gasteiger partial charge in [0.2, 0.25) is 0 Å². The number of hydrogen-bond donors (Lipinski definition) is 0. The molecule has 1 rings (SSSR count). The topological polar surface area (TPSA) is 38.7 Å². The van der Waals surface area contributed by atoms with E-state index in [-0.39, 0.29) is 18.0 Å². The molecular weight excluding hydrogens is 296 g/mol. The molecule has 0 aliphatic heterocycles. The van der Waals surface area contributed by atoms with E-state index < -0.39 is 10.8 Å². The van der Waals surface area contributed by atoms with Crippen molar-refractivity contribution in [3.05, 3.63) is 35.9 Å². The second-order valence-corrected chi connectivity index (χ2v) is 4.83. The molecule has 0 saturated carbocycles. The smallest absolute Gasteiger partial charge is 0.318 e. The summed E-state index contributed by atoms with van der Waals surface area (Å²) in [6.07, 6.45) is 0.828. The van der Waals surface area contributed by atoms with Gasteiger partial charge in [-0.2, -0.15) is 0 Å². The predicted molar refractivity (Wildman–Crippen MR) is 74.5 cm³/mol. The number of rotatable bonds is 6. The summed E-state index contributed by atoms with van der Waals surface area (Å²) in [5, 5.41) is 3.53. The molecule has 0 amide bonds. The van der Waals surface area contributed by atoms with Crippen molar-refractivity contribution in [2.75, 3.05) is 5.88 Å². The Hall–Kier alpha value is -0.770. The van der Waals surface area contributed by atoms with E-state index in [1.807, 2.05) is 30.3 Å². The number of carbonyl (C=O) groups excluding carboxylic acids is 1. The molecule has 18 heavy (non-hydrogen) atoms. The van der Waals surface area contributed by atoms with Crippen LogP contribution < -0.4 is 0 Å². The molecule has 98 valence electrons. The molecule has 0 unspecified atom stereocenters. The van der Waals surface area contributed by atoms with Crippen LogP contribution in [0.3, 0.4) is 0 Å². The average Bonchev–Trinajstić information content (AvgIpc) is 2.38. The Balaban J connectivity index is 2.38. The van der Waals surface area contributed by atoms with Crippen LogP contribution in [0.5, 0.6) is 0 Å². The number of halogens is 3. The van der Waals surface area contributed by atoms with Gasteiger partial charge in [-0.25, -0.2) is 4.79 Å². The highest BCUT2D eigenvalue weighted by Gasteiger charge is 2.10. The maximum absolute atomic E-state index is 11.4. The van der Waals surface area contributed by atoms with E-state index in [1.165, 1.54) is 0 Å². The Morgan fingerprint density at radius 3 is 2.50 bits per heavy atom. The summed E-state index contributed by atoms with van der Waals surface area (Å²) in [7, 11) is 0. The first kappa shape index (κ1) is 15.3. The Kier molecular flexibility index (Phi) is 7.09. The summed E-state index contributed by atoms with van der Waals surface area (Å²) in [6, 6.07) is 9.62. The lowest BCUT2D eigenvalue weighted by Crippen LogP contribution is -2.12. The average molecular weight is 309 g/mol. The summed E-state index contributed by atoms with van der Waals surface area (Å²) in [6.45, 7) is 0. The third kappa shape index (κ3) is 5.71. The monoisotopic (exact) mass is 307 g/mol. The van der Waals surface area contributed by atoms with E-state index in [2.05, 4.69) is 9.99 Å². The number of oxime groups is 1. The molecule has 0 aliphatic rings. The van der Waals surface area contributed by atoms with Crippen LogP contribution in [0.15, 0.2) is 35.5 Å². The Morgan fingerprint density at radius 2 is 1.94 bits per heavy atom. The van der Waals surface area contributed by atoms with Gasteiger partial charge in [0, 0.05) is 0 Å². The zero-order valence-electron chi connectivity index (χ0n) is 9.48. The molecule has 0 spiro atoms. The van der Waals surface area contributed by atoms with Gasteiger partial charge in [0.15, 0.2) is 0 Å². The van der Waals surface area contributed by atoms with Crippen molar-refractivity contribution in [3.63, 3.8) is 0 Å².